The van der Waals surface area contributed by atoms with Crippen molar-refractivity contribution in [2.45, 2.75) is 83.4 Å². The van der Waals surface area contributed by atoms with E-state index >= 15 is 0 Å². The summed E-state index contributed by atoms with van der Waals surface area (Å²) in [5.41, 5.74) is 8.42. The lowest BCUT2D eigenvalue weighted by Gasteiger charge is -2.28. The molecular formula is C36H46ClN3O7. The van der Waals surface area contributed by atoms with E-state index in [1.54, 1.807) is 24.3 Å². The minimum atomic E-state index is -1.19. The lowest BCUT2D eigenvalue weighted by atomic mass is 9.93. The molecule has 1 fully saturated rings. The van der Waals surface area contributed by atoms with Gasteiger partial charge in [-0.1, -0.05) is 68.8 Å². The fraction of sp³-hybridized carbons (Fsp3) is 0.500. The molecule has 0 radical (unpaired) electrons. The van der Waals surface area contributed by atoms with Crippen LogP contribution in [0.25, 0.3) is 0 Å². The van der Waals surface area contributed by atoms with E-state index in [1.165, 1.54) is 24.3 Å². The molecule has 254 valence electrons. The maximum atomic E-state index is 13.6. The molecule has 2 aromatic rings. The van der Waals surface area contributed by atoms with Crippen LogP contribution in [-0.2, 0) is 30.3 Å². The van der Waals surface area contributed by atoms with Gasteiger partial charge in [0.05, 0.1) is 17.5 Å². The van der Waals surface area contributed by atoms with Gasteiger partial charge in [-0.25, -0.2) is 9.59 Å². The molecule has 1 saturated carbocycles. The number of hydrogen-bond acceptors (Lipinski definition) is 7. The number of carbonyl (C=O) groups excluding carboxylic acids is 3. The van der Waals surface area contributed by atoms with Crippen LogP contribution in [0.1, 0.15) is 75.5 Å². The molecule has 5 N–H and O–H groups in total. The van der Waals surface area contributed by atoms with Crippen molar-refractivity contribution in [3.63, 3.8) is 0 Å². The van der Waals surface area contributed by atoms with Crippen LogP contribution in [-0.4, -0.2) is 60.7 Å². The van der Waals surface area contributed by atoms with Gasteiger partial charge < -0.3 is 30.9 Å². The molecule has 4 rings (SSSR count). The number of nitrogens with one attached hydrogen (secondary N) is 2. The van der Waals surface area contributed by atoms with Gasteiger partial charge in [-0.2, -0.15) is 0 Å². The van der Waals surface area contributed by atoms with Crippen LogP contribution >= 0.6 is 11.6 Å². The van der Waals surface area contributed by atoms with Crippen molar-refractivity contribution in [3.8, 4) is 5.75 Å². The summed E-state index contributed by atoms with van der Waals surface area (Å²) in [4.78, 5) is 51.4. The molecule has 2 aliphatic rings. The lowest BCUT2D eigenvalue weighted by Crippen LogP contribution is -2.48. The lowest BCUT2D eigenvalue weighted by molar-refractivity contribution is -0.156. The van der Waals surface area contributed by atoms with Crippen molar-refractivity contribution in [2.24, 2.45) is 23.0 Å². The molecule has 2 amide bonds. The Kier molecular flexibility index (Phi) is 12.1. The number of amides is 2. The monoisotopic (exact) mass is 667 g/mol. The van der Waals surface area contributed by atoms with Crippen LogP contribution < -0.4 is 21.1 Å². The van der Waals surface area contributed by atoms with Gasteiger partial charge in [-0.15, -0.1) is 0 Å². The zero-order chi connectivity index (χ0) is 34.3. The minimum Gasteiger partial charge on any atom is -0.495 e. The molecule has 10 nitrogen and oxygen atoms in total. The highest BCUT2D eigenvalue weighted by molar-refractivity contribution is 6.32. The smallest absolute Gasteiger partial charge is 0.328 e. The van der Waals surface area contributed by atoms with Crippen LogP contribution in [0.15, 0.2) is 54.6 Å². The molecule has 0 bridgehead atoms. The Labute approximate surface area is 281 Å². The zero-order valence-corrected chi connectivity index (χ0v) is 28.2. The molecule has 0 aromatic heterocycles. The highest BCUT2D eigenvalue weighted by atomic mass is 35.5. The summed E-state index contributed by atoms with van der Waals surface area (Å²) in [5, 5.41) is 15.5. The van der Waals surface area contributed by atoms with Gasteiger partial charge in [0.1, 0.15) is 23.9 Å². The fourth-order valence-electron chi connectivity index (χ4n) is 5.93. The second kappa shape index (κ2) is 15.8. The topological polar surface area (TPSA) is 157 Å². The molecule has 11 heteroatoms. The third-order valence-electron chi connectivity index (χ3n) is 9.10. The fourth-order valence-corrected chi connectivity index (χ4v) is 6.21. The number of rotatable bonds is 18. The van der Waals surface area contributed by atoms with E-state index in [0.29, 0.717) is 35.6 Å². The van der Waals surface area contributed by atoms with Crippen molar-refractivity contribution in [1.82, 2.24) is 10.6 Å². The summed E-state index contributed by atoms with van der Waals surface area (Å²) in [6.45, 7) is 6.19. The van der Waals surface area contributed by atoms with E-state index in [2.05, 4.69) is 22.8 Å². The van der Waals surface area contributed by atoms with Crippen molar-refractivity contribution in [3.05, 3.63) is 76.3 Å². The van der Waals surface area contributed by atoms with E-state index in [0.717, 1.165) is 6.42 Å². The Bertz CT molecular complexity index is 1470. The second-order valence-electron chi connectivity index (χ2n) is 13.2. The molecule has 0 saturated heterocycles. The summed E-state index contributed by atoms with van der Waals surface area (Å²) < 4.78 is 11.2. The predicted octanol–water partition coefficient (Wildman–Crippen LogP) is 4.76. The van der Waals surface area contributed by atoms with Crippen LogP contribution in [0, 0.1) is 17.3 Å². The first-order chi connectivity index (χ1) is 22.4. The van der Waals surface area contributed by atoms with Gasteiger partial charge in [-0.3, -0.25) is 9.59 Å². The minimum absolute atomic E-state index is 0.0201. The molecule has 2 aliphatic carbocycles. The van der Waals surface area contributed by atoms with E-state index in [-0.39, 0.29) is 43.0 Å². The van der Waals surface area contributed by atoms with E-state index < -0.39 is 41.4 Å². The van der Waals surface area contributed by atoms with Crippen molar-refractivity contribution in [1.29, 1.82) is 0 Å². The van der Waals surface area contributed by atoms with Crippen LogP contribution in [0.2, 0.25) is 5.02 Å². The highest BCUT2D eigenvalue weighted by Gasteiger charge is 2.49. The average molecular weight is 668 g/mol. The number of methoxy groups -OCH3 is 1. The van der Waals surface area contributed by atoms with Crippen LogP contribution in [0.4, 0.5) is 0 Å². The largest absolute Gasteiger partial charge is 0.495 e. The number of fused-ring (bicyclic) bond motifs is 1. The summed E-state index contributed by atoms with van der Waals surface area (Å²) in [5.74, 6) is -1.74. The van der Waals surface area contributed by atoms with E-state index in [4.69, 9.17) is 26.8 Å². The molecular weight excluding hydrogens is 622 g/mol. The van der Waals surface area contributed by atoms with Gasteiger partial charge in [0, 0.05) is 25.3 Å². The third-order valence-corrected chi connectivity index (χ3v) is 9.40. The number of esters is 1. The zero-order valence-electron chi connectivity index (χ0n) is 27.5. The molecule has 0 spiro atoms. The van der Waals surface area contributed by atoms with Crippen molar-refractivity contribution in [2.75, 3.05) is 13.7 Å². The standard InChI is InChI=1S/C36H46ClN3O7/c1-21(2)16-29(40-35(45)36(20-38)14-15-36)34(44)47-30(22(3)17-26-24-8-5-6-9-25(24)26)10-7-11-32(41)39-28(33(42)43)19-23-12-13-31(46-4)27(37)18-23/h5-9,11-13,18,21-22,26,28-30H,10,14-17,19-20,38H2,1-4H3,(H,39,41)(H,40,45)(H,42,43)/b11-7+/t22?,28-,29+,30+/m1/s1. The average Bonchev–Trinajstić information content (AvgIpc) is 3.96. The second-order valence-corrected chi connectivity index (χ2v) is 13.6. The quantitative estimate of drug-likeness (QED) is 0.131. The molecule has 0 heterocycles. The SMILES string of the molecule is COc1ccc(C[C@@H](NC(=O)/C=C/C[C@H](OC(=O)[C@H](CC(C)C)NC(=O)C2(CN)CC2)C(C)CC2c3ccccc32)C(=O)O)cc1Cl. The number of aliphatic carboxylic acids is 1. The number of hydrogen-bond donors (Lipinski definition) is 4. The van der Waals surface area contributed by atoms with Crippen molar-refractivity contribution >= 4 is 35.4 Å². The Morgan fingerprint density at radius 2 is 1.74 bits per heavy atom. The molecule has 4 atom stereocenters. The Morgan fingerprint density at radius 1 is 1.06 bits per heavy atom. The summed E-state index contributed by atoms with van der Waals surface area (Å²) in [7, 11) is 1.48. The number of benzene rings is 2. The first-order valence-corrected chi connectivity index (χ1v) is 16.6. The van der Waals surface area contributed by atoms with Gasteiger partial charge in [0.25, 0.3) is 0 Å². The molecule has 0 aliphatic heterocycles. The summed E-state index contributed by atoms with van der Waals surface area (Å²) in [6.07, 6.45) is 5.08. The molecule has 2 aromatic carbocycles. The number of nitrogens with two attached hydrogens (primary N) is 1. The Morgan fingerprint density at radius 3 is 2.30 bits per heavy atom. The first kappa shape index (κ1) is 36.0. The summed E-state index contributed by atoms with van der Waals surface area (Å²) >= 11 is 6.19. The maximum Gasteiger partial charge on any atom is 0.328 e. The molecule has 1 unspecified atom stereocenters. The predicted molar refractivity (Wildman–Crippen MR) is 179 cm³/mol. The van der Waals surface area contributed by atoms with Gasteiger partial charge in [0.2, 0.25) is 11.8 Å². The van der Waals surface area contributed by atoms with E-state index in [1.807, 2.05) is 32.9 Å². The summed E-state index contributed by atoms with van der Waals surface area (Å²) in [6, 6.07) is 11.1. The number of halogens is 1. The number of carboxylic acids is 1. The number of carbonyl (C=O) groups is 4. The van der Waals surface area contributed by atoms with Gasteiger partial charge in [0.15, 0.2) is 0 Å². The Balaban J connectivity index is 1.43. The highest BCUT2D eigenvalue weighted by Crippen LogP contribution is 2.48. The number of carboxylic acid groups (broad SMARTS) is 1. The Hall–Kier alpha value is -3.89. The first-order valence-electron chi connectivity index (χ1n) is 16.2. The van der Waals surface area contributed by atoms with E-state index in [9.17, 15) is 24.3 Å². The van der Waals surface area contributed by atoms with Gasteiger partial charge >= 0.3 is 11.9 Å². The number of ether oxygens (including phenoxy) is 2. The van der Waals surface area contributed by atoms with Gasteiger partial charge in [-0.05, 0) is 72.4 Å². The maximum absolute atomic E-state index is 13.6. The molecule has 47 heavy (non-hydrogen) atoms. The van der Waals surface area contributed by atoms with Crippen molar-refractivity contribution < 1.29 is 33.8 Å². The van der Waals surface area contributed by atoms with Crippen LogP contribution in [0.3, 0.4) is 0 Å². The third kappa shape index (κ3) is 9.58. The van der Waals surface area contributed by atoms with Crippen LogP contribution in [0.5, 0.6) is 5.75 Å². The normalized spacial score (nSPS) is 17.3.